The van der Waals surface area contributed by atoms with Crippen LogP contribution >= 0.6 is 0 Å². The number of likely N-dealkylation sites (tertiary alicyclic amines) is 1. The van der Waals surface area contributed by atoms with Crippen molar-refractivity contribution in [3.05, 3.63) is 0 Å². The average molecular weight is 885 g/mol. The molecule has 2 fully saturated rings. The maximum absolute atomic E-state index is 13.2. The van der Waals surface area contributed by atoms with Crippen molar-refractivity contribution in [1.29, 1.82) is 0 Å². The Balaban J connectivity index is 1.96. The van der Waals surface area contributed by atoms with Crippen molar-refractivity contribution in [3.8, 4) is 0 Å². The molecule has 3 atom stereocenters. The molecule has 22 heteroatoms. The van der Waals surface area contributed by atoms with Gasteiger partial charge in [-0.2, -0.15) is 0 Å². The van der Waals surface area contributed by atoms with E-state index in [1.54, 1.807) is 24.5 Å². The Hall–Kier alpha value is -4.77. The summed E-state index contributed by atoms with van der Waals surface area (Å²) in [5, 5.41) is 56.0. The van der Waals surface area contributed by atoms with Crippen molar-refractivity contribution in [3.63, 3.8) is 0 Å². The van der Waals surface area contributed by atoms with Crippen molar-refractivity contribution in [2.75, 3.05) is 91.6 Å². The molecule has 0 aromatic rings. The normalized spacial score (nSPS) is 18.5. The minimum absolute atomic E-state index is 0.111. The summed E-state index contributed by atoms with van der Waals surface area (Å²) in [6, 6.07) is -3.11. The third kappa shape index (κ3) is 21.3. The van der Waals surface area contributed by atoms with Gasteiger partial charge in [-0.25, -0.2) is 9.59 Å². The Labute approximate surface area is 362 Å². The number of ketones is 1. The first-order valence-corrected chi connectivity index (χ1v) is 21.3. The van der Waals surface area contributed by atoms with Crippen LogP contribution in [0.25, 0.3) is 0 Å². The van der Waals surface area contributed by atoms with Crippen LogP contribution in [0.3, 0.4) is 0 Å². The summed E-state index contributed by atoms with van der Waals surface area (Å²) < 4.78 is 0. The molecule has 2 aliphatic rings. The van der Waals surface area contributed by atoms with E-state index in [4.69, 9.17) is 0 Å². The monoisotopic (exact) mass is 884 g/mol. The molecule has 22 nitrogen and oxygen atoms in total. The smallest absolute Gasteiger partial charge is 0.326 e. The lowest BCUT2D eigenvalue weighted by Crippen LogP contribution is -2.51. The molecule has 0 bridgehead atoms. The zero-order chi connectivity index (χ0) is 46.5. The van der Waals surface area contributed by atoms with Crippen molar-refractivity contribution in [2.24, 2.45) is 11.8 Å². The minimum atomic E-state index is -1.54. The van der Waals surface area contributed by atoms with E-state index >= 15 is 0 Å². The highest BCUT2D eigenvalue weighted by Gasteiger charge is 2.31. The van der Waals surface area contributed by atoms with Crippen molar-refractivity contribution in [2.45, 2.75) is 96.8 Å². The maximum Gasteiger partial charge on any atom is 0.326 e. The molecule has 0 aromatic carbocycles. The van der Waals surface area contributed by atoms with Gasteiger partial charge in [0, 0.05) is 90.2 Å². The number of piperidine rings is 1. The summed E-state index contributed by atoms with van der Waals surface area (Å²) >= 11 is 0. The quantitative estimate of drug-likeness (QED) is 0.0540. The standard InChI is InChI=1S/C40H68N8O14/c1-26(2)38(58)31(41-27(3)4)21-28-9-11-48(12-10-28)34(51)8-6-30(40(61)62)42-32(49)7-5-29(39(59)60)43-33(50)22-44-13-15-45(23-35(52)53)17-19-47(25-37(56)57)20-18-46(16-14-44)24-36(54)55/h26-31,41H,5-25H2,1-4H3,(H,42,49)(H,43,50)(H,52,53)(H,54,55)(H,56,57)(H,59,60)(H,61,62)/t29-,30-,31-/m0/s1. The Kier molecular flexibility index (Phi) is 23.5. The second-order valence-corrected chi connectivity index (χ2v) is 16.8. The molecule has 2 heterocycles. The summed E-state index contributed by atoms with van der Waals surface area (Å²) in [6.45, 7) is 8.42. The van der Waals surface area contributed by atoms with Gasteiger partial charge in [0.05, 0.1) is 32.2 Å². The number of rotatable bonds is 24. The largest absolute Gasteiger partial charge is 0.480 e. The number of amides is 3. The van der Waals surface area contributed by atoms with E-state index in [1.807, 2.05) is 27.7 Å². The van der Waals surface area contributed by atoms with Gasteiger partial charge in [0.2, 0.25) is 17.7 Å². The predicted octanol–water partition coefficient (Wildman–Crippen LogP) is -1.62. The molecule has 0 aliphatic carbocycles. The van der Waals surface area contributed by atoms with Gasteiger partial charge in [-0.05, 0) is 38.0 Å². The lowest BCUT2D eigenvalue weighted by atomic mass is 9.86. The highest BCUT2D eigenvalue weighted by atomic mass is 16.4. The zero-order valence-electron chi connectivity index (χ0n) is 36.5. The number of hydrogen-bond acceptors (Lipinski definition) is 14. The van der Waals surface area contributed by atoms with E-state index in [1.165, 1.54) is 0 Å². The van der Waals surface area contributed by atoms with Crippen LogP contribution in [0.4, 0.5) is 0 Å². The number of hydrogen-bond donors (Lipinski definition) is 8. The predicted molar refractivity (Wildman–Crippen MR) is 222 cm³/mol. The Morgan fingerprint density at radius 3 is 1.27 bits per heavy atom. The number of carboxylic acid groups (broad SMARTS) is 5. The Bertz CT molecular complexity index is 1510. The van der Waals surface area contributed by atoms with Crippen LogP contribution < -0.4 is 16.0 Å². The molecule has 0 unspecified atom stereocenters. The SMILES string of the molecule is CC(C)N[C@@H](CC1CCN(C(=O)CC[C@H](NC(=O)CC[C@H](NC(=O)CN2CCN(CC(=O)O)CCN(CC(=O)O)CCN(CC(=O)O)CC2)C(=O)O)C(=O)O)CC1)C(=O)C(C)C. The van der Waals surface area contributed by atoms with Gasteiger partial charge in [0.25, 0.3) is 0 Å². The lowest BCUT2D eigenvalue weighted by molar-refractivity contribution is -0.144. The van der Waals surface area contributed by atoms with Gasteiger partial charge in [-0.15, -0.1) is 0 Å². The molecule has 2 saturated heterocycles. The molecule has 0 radical (unpaired) electrons. The van der Waals surface area contributed by atoms with Gasteiger partial charge in [-0.1, -0.05) is 27.7 Å². The second-order valence-electron chi connectivity index (χ2n) is 16.8. The minimum Gasteiger partial charge on any atom is -0.480 e. The average Bonchev–Trinajstić information content (AvgIpc) is 3.17. The number of aliphatic carboxylic acids is 5. The number of Topliss-reactive ketones (excluding diaryl/α,β-unsaturated/α-hetero) is 1. The number of carboxylic acids is 5. The molecule has 62 heavy (non-hydrogen) atoms. The van der Waals surface area contributed by atoms with Crippen LogP contribution in [0.5, 0.6) is 0 Å². The van der Waals surface area contributed by atoms with Gasteiger partial charge >= 0.3 is 29.8 Å². The van der Waals surface area contributed by atoms with E-state index in [0.29, 0.717) is 32.4 Å². The van der Waals surface area contributed by atoms with E-state index in [-0.39, 0.29) is 127 Å². The number of carbonyl (C=O) groups excluding carboxylic acids is 4. The van der Waals surface area contributed by atoms with E-state index in [9.17, 15) is 68.7 Å². The molecule has 8 N–H and O–H groups in total. The van der Waals surface area contributed by atoms with Crippen LogP contribution in [0.1, 0.15) is 72.6 Å². The molecule has 2 aliphatic heterocycles. The first-order valence-electron chi connectivity index (χ1n) is 21.3. The number of nitrogens with zero attached hydrogens (tertiary/aromatic N) is 5. The van der Waals surface area contributed by atoms with E-state index in [0.717, 1.165) is 0 Å². The summed E-state index contributed by atoms with van der Waals surface area (Å²) in [5.41, 5.74) is 0. The van der Waals surface area contributed by atoms with Gasteiger partial charge in [0.1, 0.15) is 12.1 Å². The Morgan fingerprint density at radius 2 is 0.903 bits per heavy atom. The van der Waals surface area contributed by atoms with Crippen molar-refractivity contribution >= 4 is 53.4 Å². The molecule has 0 spiro atoms. The van der Waals surface area contributed by atoms with Crippen LogP contribution in [-0.4, -0.2) is 219 Å². The molecule has 0 saturated carbocycles. The fourth-order valence-electron chi connectivity index (χ4n) is 7.53. The maximum atomic E-state index is 13.2. The first-order chi connectivity index (χ1) is 29.1. The van der Waals surface area contributed by atoms with E-state index < -0.39 is 66.6 Å². The molecular formula is C40H68N8O14. The van der Waals surface area contributed by atoms with Gasteiger partial charge in [0.15, 0.2) is 5.78 Å². The van der Waals surface area contributed by atoms with Crippen LogP contribution in [0.15, 0.2) is 0 Å². The molecule has 352 valence electrons. The van der Waals surface area contributed by atoms with Crippen LogP contribution in [0, 0.1) is 11.8 Å². The Morgan fingerprint density at radius 1 is 0.516 bits per heavy atom. The molecular weight excluding hydrogens is 816 g/mol. The van der Waals surface area contributed by atoms with Crippen LogP contribution in [0.2, 0.25) is 0 Å². The molecule has 3 amide bonds. The van der Waals surface area contributed by atoms with Gasteiger partial charge < -0.3 is 46.4 Å². The highest BCUT2D eigenvalue weighted by molar-refractivity contribution is 5.87. The van der Waals surface area contributed by atoms with Gasteiger partial charge in [-0.3, -0.25) is 53.2 Å². The van der Waals surface area contributed by atoms with Crippen LogP contribution in [-0.2, 0) is 43.2 Å². The second kappa shape index (κ2) is 27.3. The topological polar surface area (TPSA) is 307 Å². The van der Waals surface area contributed by atoms with E-state index in [2.05, 4.69) is 16.0 Å². The summed E-state index contributed by atoms with van der Waals surface area (Å²) in [4.78, 5) is 119. The van der Waals surface area contributed by atoms with Crippen molar-refractivity contribution in [1.82, 2.24) is 40.4 Å². The number of nitrogens with one attached hydrogen (secondary N) is 3. The molecule has 0 aromatic heterocycles. The lowest BCUT2D eigenvalue weighted by Gasteiger charge is -2.34. The fraction of sp³-hybridized carbons (Fsp3) is 0.775. The highest BCUT2D eigenvalue weighted by Crippen LogP contribution is 2.24. The summed E-state index contributed by atoms with van der Waals surface area (Å²) in [7, 11) is 0. The fourth-order valence-corrected chi connectivity index (χ4v) is 7.53. The summed E-state index contributed by atoms with van der Waals surface area (Å²) in [6.07, 6.45) is 0.838. The third-order valence-corrected chi connectivity index (χ3v) is 10.9. The van der Waals surface area contributed by atoms with Crippen molar-refractivity contribution < 1.29 is 68.7 Å². The molecule has 2 rings (SSSR count). The third-order valence-electron chi connectivity index (χ3n) is 10.9. The number of carbonyl (C=O) groups is 9. The zero-order valence-corrected chi connectivity index (χ0v) is 36.5. The summed E-state index contributed by atoms with van der Waals surface area (Å²) in [5.74, 6) is -7.70. The first kappa shape index (κ1) is 53.4.